The lowest BCUT2D eigenvalue weighted by atomic mass is 10.4. The predicted molar refractivity (Wildman–Crippen MR) is 80.5 cm³/mol. The summed E-state index contributed by atoms with van der Waals surface area (Å²) in [6, 6.07) is 6.20. The van der Waals surface area contributed by atoms with Gasteiger partial charge in [0.15, 0.2) is 5.75 Å². The molecule has 0 fully saturated rings. The summed E-state index contributed by atoms with van der Waals surface area (Å²) in [4.78, 5) is 4.51. The Kier molecular flexibility index (Phi) is 3.48. The zero-order chi connectivity index (χ0) is 14.1. The molecule has 0 radical (unpaired) electrons. The normalized spacial score (nSPS) is 11.4. The summed E-state index contributed by atoms with van der Waals surface area (Å²) in [5.41, 5.74) is 1.85. The Morgan fingerprint density at radius 2 is 2.20 bits per heavy atom. The number of rotatable bonds is 4. The minimum atomic E-state index is 0.309. The number of alkyl halides is 1. The van der Waals surface area contributed by atoms with Crippen LogP contribution in [0.4, 0.5) is 0 Å². The van der Waals surface area contributed by atoms with Gasteiger partial charge in [0.1, 0.15) is 5.65 Å². The first-order valence-corrected chi connectivity index (χ1v) is 7.55. The third kappa shape index (κ3) is 2.31. The zero-order valence-corrected chi connectivity index (χ0v) is 12.9. The Morgan fingerprint density at radius 3 is 2.90 bits per heavy atom. The molecule has 0 atom stereocenters. The number of imidazole rings is 1. The lowest BCUT2D eigenvalue weighted by molar-refractivity contribution is 0.458. The van der Waals surface area contributed by atoms with Crippen LogP contribution in [0.15, 0.2) is 36.8 Å². The van der Waals surface area contributed by atoms with Gasteiger partial charge in [-0.1, -0.05) is 22.0 Å². The van der Waals surface area contributed by atoms with Crippen molar-refractivity contribution in [2.45, 2.75) is 25.2 Å². The average molecular weight is 335 g/mol. The molecule has 0 aliphatic rings. The van der Waals surface area contributed by atoms with Gasteiger partial charge in [0.2, 0.25) is 5.88 Å². The number of halogens is 1. The molecule has 0 aliphatic heterocycles. The van der Waals surface area contributed by atoms with Crippen LogP contribution in [0.1, 0.15) is 25.6 Å². The fourth-order valence-corrected chi connectivity index (χ4v) is 2.51. The molecule has 0 aromatic carbocycles. The summed E-state index contributed by atoms with van der Waals surface area (Å²) in [6.07, 6.45) is 5.57. The van der Waals surface area contributed by atoms with E-state index in [1.54, 1.807) is 6.20 Å². The number of aromatic nitrogens is 4. The zero-order valence-electron chi connectivity index (χ0n) is 11.3. The van der Waals surface area contributed by atoms with Crippen LogP contribution in [0, 0.1) is 0 Å². The monoisotopic (exact) mass is 334 g/mol. The molecular formula is C14H15BrN4O. The highest BCUT2D eigenvalue weighted by molar-refractivity contribution is 9.08. The average Bonchev–Trinajstić information content (AvgIpc) is 3.02. The van der Waals surface area contributed by atoms with Crippen LogP contribution >= 0.6 is 15.9 Å². The highest BCUT2D eigenvalue weighted by Gasteiger charge is 2.14. The van der Waals surface area contributed by atoms with E-state index >= 15 is 0 Å². The minimum Gasteiger partial charge on any atom is -0.434 e. The molecule has 0 bridgehead atoms. The molecule has 0 amide bonds. The molecule has 0 saturated carbocycles. The van der Waals surface area contributed by atoms with Crippen molar-refractivity contribution in [1.29, 1.82) is 0 Å². The van der Waals surface area contributed by atoms with Crippen LogP contribution in [0.5, 0.6) is 11.6 Å². The Labute approximate surface area is 125 Å². The predicted octanol–water partition coefficient (Wildman–Crippen LogP) is 3.80. The Balaban J connectivity index is 1.97. The van der Waals surface area contributed by atoms with Crippen molar-refractivity contribution >= 4 is 21.6 Å². The number of ether oxygens (including phenoxy) is 1. The van der Waals surface area contributed by atoms with Crippen LogP contribution in [0.3, 0.4) is 0 Å². The van der Waals surface area contributed by atoms with E-state index in [0.29, 0.717) is 23.0 Å². The van der Waals surface area contributed by atoms with Crippen molar-refractivity contribution in [3.63, 3.8) is 0 Å². The van der Waals surface area contributed by atoms with Crippen LogP contribution in [-0.2, 0) is 5.33 Å². The summed E-state index contributed by atoms with van der Waals surface area (Å²) >= 11 is 3.49. The van der Waals surface area contributed by atoms with Crippen molar-refractivity contribution in [1.82, 2.24) is 19.2 Å². The molecule has 0 unspecified atom stereocenters. The summed E-state index contributed by atoms with van der Waals surface area (Å²) in [6.45, 7) is 4.15. The van der Waals surface area contributed by atoms with Crippen molar-refractivity contribution in [2.24, 2.45) is 0 Å². The molecule has 20 heavy (non-hydrogen) atoms. The second-order valence-electron chi connectivity index (χ2n) is 4.78. The van der Waals surface area contributed by atoms with E-state index in [1.807, 2.05) is 39.7 Å². The van der Waals surface area contributed by atoms with E-state index in [-0.39, 0.29) is 0 Å². The van der Waals surface area contributed by atoms with Gasteiger partial charge in [0.05, 0.1) is 18.1 Å². The molecule has 0 saturated heterocycles. The Bertz CT molecular complexity index is 732. The quantitative estimate of drug-likeness (QED) is 0.681. The third-order valence-electron chi connectivity index (χ3n) is 3.04. The number of fused-ring (bicyclic) bond motifs is 1. The maximum Gasteiger partial charge on any atom is 0.242 e. The fraction of sp³-hybridized carbons (Fsp3) is 0.286. The van der Waals surface area contributed by atoms with Gasteiger partial charge >= 0.3 is 0 Å². The van der Waals surface area contributed by atoms with E-state index in [2.05, 4.69) is 39.9 Å². The molecule has 3 heterocycles. The molecule has 3 rings (SSSR count). The van der Waals surface area contributed by atoms with Gasteiger partial charge in [-0.2, -0.15) is 10.1 Å². The number of hydrogen-bond acceptors (Lipinski definition) is 3. The standard InChI is InChI=1S/C14H15BrN4O/c1-10(2)19-9-11(8-16-19)20-14-12(7-15)18-6-4-3-5-13(18)17-14/h3-6,8-10H,7H2,1-2H3. The Hall–Kier alpha value is -1.82. The summed E-state index contributed by atoms with van der Waals surface area (Å²) < 4.78 is 9.74. The van der Waals surface area contributed by atoms with Gasteiger partial charge in [-0.25, -0.2) is 0 Å². The first kappa shape index (κ1) is 13.2. The maximum atomic E-state index is 5.87. The first-order valence-electron chi connectivity index (χ1n) is 6.43. The van der Waals surface area contributed by atoms with E-state index in [4.69, 9.17) is 4.74 Å². The lowest BCUT2D eigenvalue weighted by Gasteiger charge is -2.03. The van der Waals surface area contributed by atoms with E-state index in [0.717, 1.165) is 11.3 Å². The topological polar surface area (TPSA) is 44.4 Å². The molecule has 104 valence electrons. The minimum absolute atomic E-state index is 0.309. The second-order valence-corrected chi connectivity index (χ2v) is 5.34. The van der Waals surface area contributed by atoms with Crippen molar-refractivity contribution in [3.05, 3.63) is 42.5 Å². The van der Waals surface area contributed by atoms with Gasteiger partial charge in [-0.05, 0) is 26.0 Å². The largest absolute Gasteiger partial charge is 0.434 e. The smallest absolute Gasteiger partial charge is 0.242 e. The number of nitrogens with zero attached hydrogens (tertiary/aromatic N) is 4. The van der Waals surface area contributed by atoms with Gasteiger partial charge in [0, 0.05) is 17.6 Å². The van der Waals surface area contributed by atoms with E-state index in [1.165, 1.54) is 0 Å². The van der Waals surface area contributed by atoms with E-state index < -0.39 is 0 Å². The van der Waals surface area contributed by atoms with Gasteiger partial charge < -0.3 is 4.74 Å². The molecule has 3 aromatic heterocycles. The van der Waals surface area contributed by atoms with Gasteiger partial charge in [-0.15, -0.1) is 0 Å². The Morgan fingerprint density at radius 1 is 1.35 bits per heavy atom. The van der Waals surface area contributed by atoms with Gasteiger partial charge in [-0.3, -0.25) is 9.08 Å². The molecule has 0 N–H and O–H groups in total. The molecule has 0 aliphatic carbocycles. The van der Waals surface area contributed by atoms with Crippen molar-refractivity contribution < 1.29 is 4.74 Å². The summed E-state index contributed by atoms with van der Waals surface area (Å²) in [7, 11) is 0. The summed E-state index contributed by atoms with van der Waals surface area (Å²) in [5, 5.41) is 4.94. The van der Waals surface area contributed by atoms with Crippen LogP contribution in [0.25, 0.3) is 5.65 Å². The number of hydrogen-bond donors (Lipinski definition) is 0. The third-order valence-corrected chi connectivity index (χ3v) is 3.57. The molecule has 6 heteroatoms. The lowest BCUT2D eigenvalue weighted by Crippen LogP contribution is -1.99. The number of pyridine rings is 1. The van der Waals surface area contributed by atoms with Crippen LogP contribution in [-0.4, -0.2) is 19.2 Å². The van der Waals surface area contributed by atoms with Crippen molar-refractivity contribution in [2.75, 3.05) is 0 Å². The highest BCUT2D eigenvalue weighted by atomic mass is 79.9. The highest BCUT2D eigenvalue weighted by Crippen LogP contribution is 2.27. The van der Waals surface area contributed by atoms with Gasteiger partial charge in [0.25, 0.3) is 0 Å². The second kappa shape index (κ2) is 5.28. The molecular weight excluding hydrogens is 320 g/mol. The fourth-order valence-electron chi connectivity index (χ4n) is 2.00. The summed E-state index contributed by atoms with van der Waals surface area (Å²) in [5.74, 6) is 1.31. The molecule has 0 spiro atoms. The first-order chi connectivity index (χ1) is 9.69. The van der Waals surface area contributed by atoms with Crippen molar-refractivity contribution in [3.8, 4) is 11.6 Å². The van der Waals surface area contributed by atoms with E-state index in [9.17, 15) is 0 Å². The SMILES string of the molecule is CC(C)n1cc(Oc2nc3ccccn3c2CBr)cn1. The molecule has 5 nitrogen and oxygen atoms in total. The van der Waals surface area contributed by atoms with Crippen LogP contribution < -0.4 is 4.74 Å². The maximum absolute atomic E-state index is 5.87. The molecule has 3 aromatic rings. The van der Waals surface area contributed by atoms with Crippen LogP contribution in [0.2, 0.25) is 0 Å².